The number of nitrogens with zero attached hydrogens (tertiary/aromatic N) is 1. The van der Waals surface area contributed by atoms with Gasteiger partial charge in [0.2, 0.25) is 0 Å². The highest BCUT2D eigenvalue weighted by Crippen LogP contribution is 2.28. The van der Waals surface area contributed by atoms with E-state index in [4.69, 9.17) is 17.3 Å². The standard InChI is InChI=1S/C13H9BrClN3O3/c14-9-5-7(1-3-10(9)16)13(19)17-11-4-2-8(15)6-12(11)18(20)21/h1-6H,16H2,(H,17,19). The van der Waals surface area contributed by atoms with Crippen LogP contribution in [0.3, 0.4) is 0 Å². The molecule has 0 aliphatic heterocycles. The number of nitrogens with two attached hydrogens (primary N) is 1. The van der Waals surface area contributed by atoms with Gasteiger partial charge in [-0.15, -0.1) is 0 Å². The summed E-state index contributed by atoms with van der Waals surface area (Å²) in [6.45, 7) is 0. The Kier molecular flexibility index (Phi) is 4.44. The molecule has 0 aliphatic rings. The van der Waals surface area contributed by atoms with Crippen LogP contribution in [0.5, 0.6) is 0 Å². The lowest BCUT2D eigenvalue weighted by molar-refractivity contribution is -0.383. The highest BCUT2D eigenvalue weighted by Gasteiger charge is 2.17. The number of halogens is 2. The summed E-state index contributed by atoms with van der Waals surface area (Å²) in [5.41, 5.74) is 6.25. The molecule has 3 N–H and O–H groups in total. The summed E-state index contributed by atoms with van der Waals surface area (Å²) in [5, 5.41) is 13.7. The van der Waals surface area contributed by atoms with Gasteiger partial charge in [0.25, 0.3) is 11.6 Å². The molecule has 1 amide bonds. The predicted octanol–water partition coefficient (Wildman–Crippen LogP) is 3.85. The van der Waals surface area contributed by atoms with E-state index in [2.05, 4.69) is 21.2 Å². The van der Waals surface area contributed by atoms with Gasteiger partial charge in [-0.05, 0) is 46.3 Å². The van der Waals surface area contributed by atoms with Gasteiger partial charge in [0.15, 0.2) is 0 Å². The molecule has 2 aromatic rings. The summed E-state index contributed by atoms with van der Waals surface area (Å²) in [6, 6.07) is 8.64. The molecule has 0 saturated heterocycles. The maximum Gasteiger partial charge on any atom is 0.294 e. The zero-order valence-corrected chi connectivity index (χ0v) is 12.8. The van der Waals surface area contributed by atoms with Crippen LogP contribution in [-0.4, -0.2) is 10.8 Å². The number of carbonyl (C=O) groups excluding carboxylic acids is 1. The van der Waals surface area contributed by atoms with E-state index in [0.29, 0.717) is 15.7 Å². The molecule has 0 heterocycles. The summed E-state index contributed by atoms with van der Waals surface area (Å²) in [7, 11) is 0. The molecular formula is C13H9BrClN3O3. The van der Waals surface area contributed by atoms with E-state index in [9.17, 15) is 14.9 Å². The van der Waals surface area contributed by atoms with Crippen molar-refractivity contribution in [1.82, 2.24) is 0 Å². The summed E-state index contributed by atoms with van der Waals surface area (Å²) in [4.78, 5) is 22.5. The van der Waals surface area contributed by atoms with Gasteiger partial charge in [-0.2, -0.15) is 0 Å². The minimum Gasteiger partial charge on any atom is -0.398 e. The van der Waals surface area contributed by atoms with E-state index in [1.54, 1.807) is 6.07 Å². The van der Waals surface area contributed by atoms with Gasteiger partial charge in [0, 0.05) is 26.8 Å². The van der Waals surface area contributed by atoms with E-state index in [0.717, 1.165) is 0 Å². The smallest absolute Gasteiger partial charge is 0.294 e. The fourth-order valence-electron chi connectivity index (χ4n) is 1.62. The third-order valence-electron chi connectivity index (χ3n) is 2.67. The van der Waals surface area contributed by atoms with Crippen LogP contribution >= 0.6 is 27.5 Å². The van der Waals surface area contributed by atoms with Crippen molar-refractivity contribution in [1.29, 1.82) is 0 Å². The normalized spacial score (nSPS) is 10.2. The molecule has 0 aliphatic carbocycles. The first-order valence-electron chi connectivity index (χ1n) is 5.69. The second-order valence-electron chi connectivity index (χ2n) is 4.11. The third-order valence-corrected chi connectivity index (χ3v) is 3.59. The molecule has 0 aromatic heterocycles. The topological polar surface area (TPSA) is 98.3 Å². The SMILES string of the molecule is Nc1ccc(C(=O)Nc2ccc(Cl)cc2[N+](=O)[O-])cc1Br. The zero-order chi connectivity index (χ0) is 15.6. The first kappa shape index (κ1) is 15.3. The van der Waals surface area contributed by atoms with Gasteiger partial charge < -0.3 is 11.1 Å². The summed E-state index contributed by atoms with van der Waals surface area (Å²) in [6.07, 6.45) is 0. The van der Waals surface area contributed by atoms with Crippen molar-refractivity contribution in [2.24, 2.45) is 0 Å². The summed E-state index contributed by atoms with van der Waals surface area (Å²) >= 11 is 8.93. The maximum absolute atomic E-state index is 12.1. The number of nitro benzene ring substituents is 1. The highest BCUT2D eigenvalue weighted by molar-refractivity contribution is 9.10. The number of nitrogen functional groups attached to an aromatic ring is 1. The molecule has 0 atom stereocenters. The molecule has 0 saturated carbocycles. The van der Waals surface area contributed by atoms with Crippen molar-refractivity contribution in [3.63, 3.8) is 0 Å². The monoisotopic (exact) mass is 369 g/mol. The van der Waals surface area contributed by atoms with Crippen molar-refractivity contribution in [2.75, 3.05) is 11.1 Å². The first-order valence-corrected chi connectivity index (χ1v) is 6.86. The van der Waals surface area contributed by atoms with Crippen molar-refractivity contribution in [3.05, 3.63) is 61.6 Å². The Morgan fingerprint density at radius 1 is 1.29 bits per heavy atom. The first-order chi connectivity index (χ1) is 9.88. The lowest BCUT2D eigenvalue weighted by Gasteiger charge is -2.07. The molecule has 0 bridgehead atoms. The van der Waals surface area contributed by atoms with Gasteiger partial charge in [-0.25, -0.2) is 0 Å². The van der Waals surface area contributed by atoms with Gasteiger partial charge in [-0.1, -0.05) is 11.6 Å². The third kappa shape index (κ3) is 3.50. The minimum absolute atomic E-state index is 0.0716. The molecule has 8 heteroatoms. The molecule has 0 fully saturated rings. The Hall–Kier alpha value is -2.12. The molecule has 108 valence electrons. The maximum atomic E-state index is 12.1. The Labute approximate surface area is 133 Å². The molecule has 0 unspecified atom stereocenters. The second kappa shape index (κ2) is 6.11. The van der Waals surface area contributed by atoms with Gasteiger partial charge in [0.1, 0.15) is 5.69 Å². The highest BCUT2D eigenvalue weighted by atomic mass is 79.9. The van der Waals surface area contributed by atoms with Crippen molar-refractivity contribution >= 4 is 50.5 Å². The number of amides is 1. The van der Waals surface area contributed by atoms with E-state index in [1.807, 2.05) is 0 Å². The van der Waals surface area contributed by atoms with Crippen LogP contribution < -0.4 is 11.1 Å². The summed E-state index contributed by atoms with van der Waals surface area (Å²) in [5.74, 6) is -0.485. The largest absolute Gasteiger partial charge is 0.398 e. The van der Waals surface area contributed by atoms with Crippen LogP contribution in [0.1, 0.15) is 10.4 Å². The van der Waals surface area contributed by atoms with Gasteiger partial charge >= 0.3 is 0 Å². The summed E-state index contributed by atoms with van der Waals surface area (Å²) < 4.78 is 0.570. The molecule has 2 aromatic carbocycles. The molecule has 0 radical (unpaired) electrons. The lowest BCUT2D eigenvalue weighted by atomic mass is 10.2. The Bertz CT molecular complexity index is 737. The molecule has 2 rings (SSSR count). The number of nitrogens with one attached hydrogen (secondary N) is 1. The molecular weight excluding hydrogens is 362 g/mol. The minimum atomic E-state index is -0.611. The number of hydrogen-bond donors (Lipinski definition) is 2. The van der Waals surface area contributed by atoms with Crippen LogP contribution in [0.25, 0.3) is 0 Å². The quantitative estimate of drug-likeness (QED) is 0.487. The number of anilines is 2. The zero-order valence-electron chi connectivity index (χ0n) is 10.5. The van der Waals surface area contributed by atoms with Crippen LogP contribution in [0, 0.1) is 10.1 Å². The number of benzene rings is 2. The van der Waals surface area contributed by atoms with E-state index >= 15 is 0 Å². The lowest BCUT2D eigenvalue weighted by Crippen LogP contribution is -2.13. The van der Waals surface area contributed by atoms with Gasteiger partial charge in [-0.3, -0.25) is 14.9 Å². The van der Waals surface area contributed by atoms with Crippen LogP contribution in [0.4, 0.5) is 17.1 Å². The van der Waals surface area contributed by atoms with Crippen LogP contribution in [0.2, 0.25) is 5.02 Å². The fourth-order valence-corrected chi connectivity index (χ4v) is 2.17. The Balaban J connectivity index is 2.31. The van der Waals surface area contributed by atoms with Gasteiger partial charge in [0.05, 0.1) is 4.92 Å². The van der Waals surface area contributed by atoms with Crippen molar-refractivity contribution in [2.45, 2.75) is 0 Å². The molecule has 21 heavy (non-hydrogen) atoms. The number of hydrogen-bond acceptors (Lipinski definition) is 4. The number of nitro groups is 1. The fraction of sp³-hybridized carbons (Fsp3) is 0. The number of rotatable bonds is 3. The van der Waals surface area contributed by atoms with Crippen LogP contribution in [0.15, 0.2) is 40.9 Å². The van der Waals surface area contributed by atoms with Crippen molar-refractivity contribution < 1.29 is 9.72 Å². The Morgan fingerprint density at radius 2 is 2.00 bits per heavy atom. The van der Waals surface area contributed by atoms with E-state index in [1.165, 1.54) is 30.3 Å². The average Bonchev–Trinajstić information content (AvgIpc) is 2.43. The molecule has 0 spiro atoms. The second-order valence-corrected chi connectivity index (χ2v) is 5.40. The Morgan fingerprint density at radius 3 is 2.62 bits per heavy atom. The molecule has 6 nitrogen and oxygen atoms in total. The average molecular weight is 371 g/mol. The van der Waals surface area contributed by atoms with E-state index < -0.39 is 10.8 Å². The van der Waals surface area contributed by atoms with Crippen molar-refractivity contribution in [3.8, 4) is 0 Å². The number of carbonyl (C=O) groups is 1. The van der Waals surface area contributed by atoms with E-state index in [-0.39, 0.29) is 16.4 Å². The van der Waals surface area contributed by atoms with Crippen LogP contribution in [-0.2, 0) is 0 Å². The predicted molar refractivity (Wildman–Crippen MR) is 84.6 cm³/mol.